The van der Waals surface area contributed by atoms with E-state index in [2.05, 4.69) is 5.92 Å². The summed E-state index contributed by atoms with van der Waals surface area (Å²) >= 11 is 6.08. The van der Waals surface area contributed by atoms with Gasteiger partial charge in [0.2, 0.25) is 0 Å². The lowest BCUT2D eigenvalue weighted by atomic mass is 10.1. The predicted octanol–water partition coefficient (Wildman–Crippen LogP) is 1.87. The Morgan fingerprint density at radius 2 is 2.23 bits per heavy atom. The smallest absolute Gasteiger partial charge is 0.270 e. The number of benzene rings is 1. The van der Waals surface area contributed by atoms with E-state index in [4.69, 9.17) is 18.0 Å². The summed E-state index contributed by atoms with van der Waals surface area (Å²) in [6, 6.07) is 4.09. The number of halogens is 1. The van der Waals surface area contributed by atoms with E-state index in [9.17, 15) is 18.5 Å². The Balaban J connectivity index is 2.18. The highest BCUT2D eigenvalue weighted by molar-refractivity contribution is 7.91. The standard InChI is InChI=1S/C14H15ClN2O4S/c1-2-6-16(13-5-7-22(20,21)10-13)9-11-3-4-12(17(18)19)8-14(11)15/h1,3-4,8,13H,5-7,9-10H2/t13-/m0/s1. The molecular formula is C14H15ClN2O4S. The van der Waals surface area contributed by atoms with E-state index in [-0.39, 0.29) is 28.3 Å². The summed E-state index contributed by atoms with van der Waals surface area (Å²) in [5, 5.41) is 11.0. The third-order valence-electron chi connectivity index (χ3n) is 3.64. The molecule has 1 aromatic carbocycles. The fraction of sp³-hybridized carbons (Fsp3) is 0.429. The van der Waals surface area contributed by atoms with Crippen LogP contribution in [-0.4, -0.2) is 42.3 Å². The molecule has 118 valence electrons. The zero-order valence-electron chi connectivity index (χ0n) is 11.7. The van der Waals surface area contributed by atoms with Crippen molar-refractivity contribution in [2.24, 2.45) is 0 Å². The van der Waals surface area contributed by atoms with Crippen LogP contribution in [0.25, 0.3) is 0 Å². The monoisotopic (exact) mass is 342 g/mol. The topological polar surface area (TPSA) is 80.5 Å². The van der Waals surface area contributed by atoms with Crippen LogP contribution >= 0.6 is 11.6 Å². The highest BCUT2D eigenvalue weighted by atomic mass is 35.5. The molecule has 0 spiro atoms. The summed E-state index contributed by atoms with van der Waals surface area (Å²) in [4.78, 5) is 12.1. The maximum Gasteiger partial charge on any atom is 0.270 e. The van der Waals surface area contributed by atoms with E-state index in [1.54, 1.807) is 6.07 Å². The molecule has 0 amide bonds. The number of nitrogens with zero attached hydrogens (tertiary/aromatic N) is 2. The number of terminal acetylenes is 1. The van der Waals surface area contributed by atoms with Gasteiger partial charge in [-0.3, -0.25) is 15.0 Å². The Bertz CT molecular complexity index is 727. The fourth-order valence-corrected chi connectivity index (χ4v) is 4.49. The third-order valence-corrected chi connectivity index (χ3v) is 5.74. The normalized spacial score (nSPS) is 20.0. The third kappa shape index (κ3) is 3.97. The molecule has 0 N–H and O–H groups in total. The molecule has 22 heavy (non-hydrogen) atoms. The molecule has 0 unspecified atom stereocenters. The number of rotatable bonds is 5. The zero-order chi connectivity index (χ0) is 16.3. The van der Waals surface area contributed by atoms with Crippen molar-refractivity contribution in [2.45, 2.75) is 19.0 Å². The van der Waals surface area contributed by atoms with Crippen LogP contribution in [-0.2, 0) is 16.4 Å². The molecule has 1 aliphatic rings. The van der Waals surface area contributed by atoms with Gasteiger partial charge in [0, 0.05) is 24.7 Å². The maximum absolute atomic E-state index is 11.6. The minimum atomic E-state index is -3.01. The van der Waals surface area contributed by atoms with Gasteiger partial charge in [-0.1, -0.05) is 17.5 Å². The second-order valence-electron chi connectivity index (χ2n) is 5.20. The van der Waals surface area contributed by atoms with Gasteiger partial charge < -0.3 is 0 Å². The summed E-state index contributed by atoms with van der Waals surface area (Å²) < 4.78 is 23.2. The van der Waals surface area contributed by atoms with E-state index < -0.39 is 14.8 Å². The van der Waals surface area contributed by atoms with Crippen LogP contribution in [0, 0.1) is 22.5 Å². The molecule has 1 aliphatic heterocycles. The lowest BCUT2D eigenvalue weighted by Gasteiger charge is -2.26. The predicted molar refractivity (Wildman–Crippen MR) is 84.4 cm³/mol. The van der Waals surface area contributed by atoms with Crippen molar-refractivity contribution in [1.29, 1.82) is 0 Å². The molecule has 0 bridgehead atoms. The van der Waals surface area contributed by atoms with Crippen LogP contribution in [0.2, 0.25) is 5.02 Å². The fourth-order valence-electron chi connectivity index (χ4n) is 2.49. The van der Waals surface area contributed by atoms with Gasteiger partial charge in [-0.15, -0.1) is 6.42 Å². The van der Waals surface area contributed by atoms with Crippen LogP contribution in [0.15, 0.2) is 18.2 Å². The van der Waals surface area contributed by atoms with Crippen LogP contribution in [0.4, 0.5) is 5.69 Å². The Kier molecular flexibility index (Phi) is 5.06. The number of hydrogen-bond donors (Lipinski definition) is 0. The molecule has 0 aliphatic carbocycles. The number of sulfone groups is 1. The Hall–Kier alpha value is -1.62. The highest BCUT2D eigenvalue weighted by Gasteiger charge is 2.32. The molecule has 1 fully saturated rings. The van der Waals surface area contributed by atoms with E-state index in [1.807, 2.05) is 4.90 Å². The van der Waals surface area contributed by atoms with E-state index in [0.29, 0.717) is 25.1 Å². The van der Waals surface area contributed by atoms with Gasteiger partial charge in [-0.05, 0) is 18.1 Å². The number of nitro groups is 1. The Labute approximate surface area is 134 Å². The minimum Gasteiger partial charge on any atom is -0.284 e. The van der Waals surface area contributed by atoms with Crippen molar-refractivity contribution in [2.75, 3.05) is 18.1 Å². The summed E-state index contributed by atoms with van der Waals surface area (Å²) in [6.07, 6.45) is 5.89. The second kappa shape index (κ2) is 6.65. The molecule has 8 heteroatoms. The first-order chi connectivity index (χ1) is 10.3. The summed E-state index contributed by atoms with van der Waals surface area (Å²) in [7, 11) is -3.01. The van der Waals surface area contributed by atoms with Crippen molar-refractivity contribution >= 4 is 27.1 Å². The summed E-state index contributed by atoms with van der Waals surface area (Å²) in [5.41, 5.74) is 0.604. The minimum absolute atomic E-state index is 0.0826. The maximum atomic E-state index is 11.6. The van der Waals surface area contributed by atoms with Gasteiger partial charge in [0.05, 0.1) is 28.0 Å². The van der Waals surface area contributed by atoms with Crippen molar-refractivity contribution < 1.29 is 13.3 Å². The Morgan fingerprint density at radius 1 is 1.50 bits per heavy atom. The van der Waals surface area contributed by atoms with Gasteiger partial charge in [0.25, 0.3) is 5.69 Å². The molecule has 0 radical (unpaired) electrons. The first kappa shape index (κ1) is 16.7. The molecule has 1 aromatic rings. The van der Waals surface area contributed by atoms with Gasteiger partial charge >= 0.3 is 0 Å². The second-order valence-corrected chi connectivity index (χ2v) is 7.83. The van der Waals surface area contributed by atoms with Crippen LogP contribution in [0.1, 0.15) is 12.0 Å². The van der Waals surface area contributed by atoms with E-state index in [0.717, 1.165) is 0 Å². The molecule has 0 aromatic heterocycles. The molecule has 6 nitrogen and oxygen atoms in total. The van der Waals surface area contributed by atoms with E-state index >= 15 is 0 Å². The van der Waals surface area contributed by atoms with Gasteiger partial charge in [-0.2, -0.15) is 0 Å². The molecule has 0 saturated carbocycles. The van der Waals surface area contributed by atoms with E-state index in [1.165, 1.54) is 12.1 Å². The molecular weight excluding hydrogens is 328 g/mol. The lowest BCUT2D eigenvalue weighted by Crippen LogP contribution is -2.36. The van der Waals surface area contributed by atoms with Crippen molar-refractivity contribution in [3.05, 3.63) is 38.9 Å². The quantitative estimate of drug-likeness (QED) is 0.463. The van der Waals surface area contributed by atoms with Crippen molar-refractivity contribution in [3.8, 4) is 12.3 Å². The van der Waals surface area contributed by atoms with Crippen LogP contribution in [0.3, 0.4) is 0 Å². The first-order valence-corrected chi connectivity index (χ1v) is 8.83. The van der Waals surface area contributed by atoms with Crippen molar-refractivity contribution in [3.63, 3.8) is 0 Å². The van der Waals surface area contributed by atoms with Gasteiger partial charge in [0.15, 0.2) is 9.84 Å². The molecule has 2 rings (SSSR count). The highest BCUT2D eigenvalue weighted by Crippen LogP contribution is 2.26. The van der Waals surface area contributed by atoms with Gasteiger partial charge in [-0.25, -0.2) is 8.42 Å². The lowest BCUT2D eigenvalue weighted by molar-refractivity contribution is -0.384. The molecule has 1 atom stereocenters. The first-order valence-electron chi connectivity index (χ1n) is 6.63. The van der Waals surface area contributed by atoms with Crippen LogP contribution in [0.5, 0.6) is 0 Å². The SMILES string of the molecule is C#CCN(Cc1ccc([N+](=O)[O-])cc1Cl)[C@H]1CCS(=O)(=O)C1. The van der Waals surface area contributed by atoms with Crippen molar-refractivity contribution in [1.82, 2.24) is 4.90 Å². The largest absolute Gasteiger partial charge is 0.284 e. The molecule has 1 heterocycles. The molecule has 1 saturated heterocycles. The average Bonchev–Trinajstić information content (AvgIpc) is 2.80. The van der Waals surface area contributed by atoms with Crippen LogP contribution < -0.4 is 0 Å². The number of non-ortho nitro benzene ring substituents is 1. The zero-order valence-corrected chi connectivity index (χ0v) is 13.3. The Morgan fingerprint density at radius 3 is 2.73 bits per heavy atom. The summed E-state index contributed by atoms with van der Waals surface area (Å²) in [6.45, 7) is 0.661. The number of hydrogen-bond acceptors (Lipinski definition) is 5. The summed E-state index contributed by atoms with van der Waals surface area (Å²) in [5.74, 6) is 2.76. The van der Waals surface area contributed by atoms with Gasteiger partial charge in [0.1, 0.15) is 0 Å². The average molecular weight is 343 g/mol. The number of nitro benzene ring substituents is 1.